The molecule has 88 valence electrons. The van der Waals surface area contributed by atoms with Gasteiger partial charge in [-0.05, 0) is 42.8 Å². The zero-order valence-corrected chi connectivity index (χ0v) is 9.85. The molecule has 0 unspecified atom stereocenters. The first-order valence-corrected chi connectivity index (χ1v) is 5.38. The van der Waals surface area contributed by atoms with E-state index >= 15 is 0 Å². The summed E-state index contributed by atoms with van der Waals surface area (Å²) in [6.45, 7) is 1.70. The molecule has 0 aromatic heterocycles. The Hall–Kier alpha value is -1.61. The van der Waals surface area contributed by atoms with Crippen LogP contribution >= 0.6 is 11.6 Å². The molecule has 2 aromatic rings. The molecule has 0 atom stereocenters. The van der Waals surface area contributed by atoms with E-state index in [9.17, 15) is 8.78 Å². The molecular weight excluding hydrogens is 244 g/mol. The van der Waals surface area contributed by atoms with Crippen molar-refractivity contribution in [2.45, 2.75) is 6.92 Å². The molecule has 0 aliphatic carbocycles. The molecule has 0 saturated heterocycles. The maximum atomic E-state index is 13.8. The van der Waals surface area contributed by atoms with Crippen LogP contribution in [0.3, 0.4) is 0 Å². The van der Waals surface area contributed by atoms with Gasteiger partial charge in [0.25, 0.3) is 0 Å². The molecule has 0 fully saturated rings. The summed E-state index contributed by atoms with van der Waals surface area (Å²) in [5.41, 5.74) is 7.30. The molecule has 0 spiro atoms. The predicted octanol–water partition coefficient (Wildman–Crippen LogP) is 4.18. The zero-order valence-electron chi connectivity index (χ0n) is 9.10. The molecule has 0 saturated carbocycles. The highest BCUT2D eigenvalue weighted by molar-refractivity contribution is 6.33. The van der Waals surface area contributed by atoms with Gasteiger partial charge in [-0.25, -0.2) is 8.78 Å². The molecule has 0 amide bonds. The summed E-state index contributed by atoms with van der Waals surface area (Å²) in [5, 5.41) is 0.286. The summed E-state index contributed by atoms with van der Waals surface area (Å²) >= 11 is 5.92. The molecule has 17 heavy (non-hydrogen) atoms. The third-order valence-electron chi connectivity index (χ3n) is 2.57. The Morgan fingerprint density at radius 2 is 1.76 bits per heavy atom. The summed E-state index contributed by atoms with van der Waals surface area (Å²) in [7, 11) is 0. The summed E-state index contributed by atoms with van der Waals surface area (Å²) in [6.07, 6.45) is 0. The number of hydrogen-bond acceptors (Lipinski definition) is 1. The first-order valence-electron chi connectivity index (χ1n) is 5.00. The number of anilines is 1. The average Bonchev–Trinajstić information content (AvgIpc) is 2.27. The second-order valence-electron chi connectivity index (χ2n) is 3.81. The molecule has 4 heteroatoms. The third kappa shape index (κ3) is 2.24. The third-order valence-corrected chi connectivity index (χ3v) is 2.90. The second-order valence-corrected chi connectivity index (χ2v) is 4.22. The van der Waals surface area contributed by atoms with E-state index < -0.39 is 11.6 Å². The van der Waals surface area contributed by atoms with Crippen LogP contribution in [0.2, 0.25) is 5.02 Å². The van der Waals surface area contributed by atoms with Gasteiger partial charge in [0.2, 0.25) is 0 Å². The van der Waals surface area contributed by atoms with Gasteiger partial charge < -0.3 is 5.73 Å². The van der Waals surface area contributed by atoms with Gasteiger partial charge in [0, 0.05) is 21.8 Å². The van der Waals surface area contributed by atoms with Gasteiger partial charge in [-0.3, -0.25) is 0 Å². The molecule has 0 aliphatic heterocycles. The molecule has 2 N–H and O–H groups in total. The normalized spacial score (nSPS) is 10.6. The monoisotopic (exact) mass is 253 g/mol. The Labute approximate surface area is 103 Å². The number of rotatable bonds is 1. The van der Waals surface area contributed by atoms with Crippen molar-refractivity contribution in [3.8, 4) is 11.1 Å². The molecule has 0 aliphatic rings. The lowest BCUT2D eigenvalue weighted by Gasteiger charge is -2.09. The fourth-order valence-electron chi connectivity index (χ4n) is 1.60. The van der Waals surface area contributed by atoms with E-state index in [0.717, 1.165) is 0 Å². The summed E-state index contributed by atoms with van der Waals surface area (Å²) in [5.74, 6) is -0.938. The summed E-state index contributed by atoms with van der Waals surface area (Å²) < 4.78 is 26.9. The maximum absolute atomic E-state index is 13.8. The first kappa shape index (κ1) is 11.9. The molecule has 2 aromatic carbocycles. The highest BCUT2D eigenvalue weighted by Crippen LogP contribution is 2.32. The largest absolute Gasteiger partial charge is 0.398 e. The van der Waals surface area contributed by atoms with Gasteiger partial charge in [0.15, 0.2) is 0 Å². The number of halogens is 3. The van der Waals surface area contributed by atoms with Crippen molar-refractivity contribution < 1.29 is 8.78 Å². The lowest BCUT2D eigenvalue weighted by atomic mass is 10.0. The molecule has 0 bridgehead atoms. The van der Waals surface area contributed by atoms with Crippen molar-refractivity contribution >= 4 is 17.3 Å². The molecular formula is C13H10ClF2N. The minimum absolute atomic E-state index is 0.206. The van der Waals surface area contributed by atoms with Gasteiger partial charge >= 0.3 is 0 Å². The summed E-state index contributed by atoms with van der Waals surface area (Å²) in [4.78, 5) is 0. The predicted molar refractivity (Wildman–Crippen MR) is 66.0 cm³/mol. The first-order chi connectivity index (χ1) is 7.99. The minimum Gasteiger partial charge on any atom is -0.398 e. The fourth-order valence-corrected chi connectivity index (χ4v) is 1.82. The van der Waals surface area contributed by atoms with E-state index in [-0.39, 0.29) is 10.6 Å². The lowest BCUT2D eigenvalue weighted by molar-refractivity contribution is 0.624. The van der Waals surface area contributed by atoms with Gasteiger partial charge in [-0.2, -0.15) is 0 Å². The Morgan fingerprint density at radius 1 is 1.06 bits per heavy atom. The van der Waals surface area contributed by atoms with Gasteiger partial charge in [0.1, 0.15) is 11.6 Å². The van der Waals surface area contributed by atoms with E-state index in [2.05, 4.69) is 0 Å². The van der Waals surface area contributed by atoms with E-state index in [1.165, 1.54) is 30.3 Å². The highest BCUT2D eigenvalue weighted by Gasteiger charge is 2.11. The fraction of sp³-hybridized carbons (Fsp3) is 0.0769. The highest BCUT2D eigenvalue weighted by atomic mass is 35.5. The number of hydrogen-bond donors (Lipinski definition) is 1. The van der Waals surface area contributed by atoms with Crippen LogP contribution in [0, 0.1) is 18.6 Å². The Kier molecular flexibility index (Phi) is 3.03. The van der Waals surface area contributed by atoms with Crippen LogP contribution in [0.5, 0.6) is 0 Å². The van der Waals surface area contributed by atoms with Crippen molar-refractivity contribution in [2.75, 3.05) is 5.73 Å². The van der Waals surface area contributed by atoms with Crippen LogP contribution in [-0.4, -0.2) is 0 Å². The van der Waals surface area contributed by atoms with Crippen LogP contribution in [0.1, 0.15) is 5.56 Å². The Morgan fingerprint density at radius 3 is 2.47 bits per heavy atom. The van der Waals surface area contributed by atoms with Gasteiger partial charge in [-0.1, -0.05) is 11.6 Å². The molecule has 1 nitrogen and oxygen atoms in total. The van der Waals surface area contributed by atoms with E-state index in [0.29, 0.717) is 16.8 Å². The van der Waals surface area contributed by atoms with Crippen LogP contribution in [0.4, 0.5) is 14.5 Å². The van der Waals surface area contributed by atoms with Crippen LogP contribution in [-0.2, 0) is 0 Å². The van der Waals surface area contributed by atoms with Crippen molar-refractivity contribution in [1.29, 1.82) is 0 Å². The van der Waals surface area contributed by atoms with Crippen LogP contribution < -0.4 is 5.73 Å². The van der Waals surface area contributed by atoms with E-state index in [1.807, 2.05) is 0 Å². The lowest BCUT2D eigenvalue weighted by Crippen LogP contribution is -1.94. The van der Waals surface area contributed by atoms with Crippen molar-refractivity contribution in [1.82, 2.24) is 0 Å². The van der Waals surface area contributed by atoms with Gasteiger partial charge in [0.05, 0.1) is 0 Å². The number of benzene rings is 2. The topological polar surface area (TPSA) is 26.0 Å². The van der Waals surface area contributed by atoms with Crippen LogP contribution in [0.15, 0.2) is 30.3 Å². The molecule has 0 heterocycles. The molecule has 0 radical (unpaired) electrons. The zero-order chi connectivity index (χ0) is 12.6. The van der Waals surface area contributed by atoms with Crippen molar-refractivity contribution in [2.24, 2.45) is 0 Å². The number of nitrogens with two attached hydrogens (primary N) is 1. The number of nitrogen functional groups attached to an aromatic ring is 1. The Balaban J connectivity index is 2.68. The minimum atomic E-state index is -0.469. The Bertz CT molecular complexity index is 582. The van der Waals surface area contributed by atoms with E-state index in [4.69, 9.17) is 17.3 Å². The van der Waals surface area contributed by atoms with Crippen LogP contribution in [0.25, 0.3) is 11.1 Å². The second kappa shape index (κ2) is 4.34. The smallest absolute Gasteiger partial charge is 0.131 e. The van der Waals surface area contributed by atoms with Crippen molar-refractivity contribution in [3.05, 3.63) is 52.6 Å². The summed E-state index contributed by atoms with van der Waals surface area (Å²) in [6, 6.07) is 6.58. The number of aryl methyl sites for hydroxylation is 1. The maximum Gasteiger partial charge on any atom is 0.131 e. The van der Waals surface area contributed by atoms with Gasteiger partial charge in [-0.15, -0.1) is 0 Å². The molecule has 2 rings (SSSR count). The van der Waals surface area contributed by atoms with Crippen molar-refractivity contribution in [3.63, 3.8) is 0 Å². The average molecular weight is 254 g/mol. The standard InChI is InChI=1S/C13H10ClF2N/c1-7-4-12(16)10(6-13(7)17)9-5-8(15)2-3-11(9)14/h2-6H,17H2,1H3. The van der Waals surface area contributed by atoms with E-state index in [1.54, 1.807) is 6.92 Å². The SMILES string of the molecule is Cc1cc(F)c(-c2cc(F)ccc2Cl)cc1N. The quantitative estimate of drug-likeness (QED) is 0.758.